The van der Waals surface area contributed by atoms with Crippen molar-refractivity contribution >= 4 is 11.3 Å². The molecule has 0 fully saturated rings. The molecule has 0 bridgehead atoms. The minimum atomic E-state index is 0.264. The maximum absolute atomic E-state index is 5.27. The summed E-state index contributed by atoms with van der Waals surface area (Å²) in [7, 11) is 1.71. The van der Waals surface area contributed by atoms with Crippen molar-refractivity contribution < 1.29 is 4.74 Å². The van der Waals surface area contributed by atoms with Gasteiger partial charge in [0.25, 0.3) is 0 Å². The van der Waals surface area contributed by atoms with Crippen LogP contribution < -0.4 is 10.1 Å². The average Bonchev–Trinajstić information content (AvgIpc) is 2.89. The first-order valence-corrected chi connectivity index (χ1v) is 7.14. The standard InChI is InChI=1S/C15H19NOS/c1-3-9-16-15(12-7-5-4-6-8-12)14-10-13(17-2)11-18-14/h4-8,10-11,15-16H,3,9H2,1-2H3. The van der Waals surface area contributed by atoms with Crippen molar-refractivity contribution in [2.75, 3.05) is 13.7 Å². The summed E-state index contributed by atoms with van der Waals surface area (Å²) in [5.41, 5.74) is 1.30. The van der Waals surface area contributed by atoms with Gasteiger partial charge in [0.05, 0.1) is 13.2 Å². The minimum absolute atomic E-state index is 0.264. The Morgan fingerprint density at radius 1 is 1.28 bits per heavy atom. The molecule has 0 saturated carbocycles. The molecule has 2 nitrogen and oxygen atoms in total. The fourth-order valence-corrected chi connectivity index (χ4v) is 2.87. The van der Waals surface area contributed by atoms with E-state index in [-0.39, 0.29) is 6.04 Å². The molecule has 0 amide bonds. The third kappa shape index (κ3) is 3.12. The van der Waals surface area contributed by atoms with E-state index in [1.165, 1.54) is 10.4 Å². The Morgan fingerprint density at radius 2 is 2.06 bits per heavy atom. The van der Waals surface area contributed by atoms with Crippen LogP contribution in [0.3, 0.4) is 0 Å². The second kappa shape index (κ2) is 6.57. The quantitative estimate of drug-likeness (QED) is 0.853. The van der Waals surface area contributed by atoms with Crippen LogP contribution in [0.25, 0.3) is 0 Å². The van der Waals surface area contributed by atoms with Crippen molar-refractivity contribution in [3.8, 4) is 5.75 Å². The Bertz CT molecular complexity index is 466. The first kappa shape index (κ1) is 13.1. The number of methoxy groups -OCH3 is 1. The van der Waals surface area contributed by atoms with E-state index in [0.29, 0.717) is 0 Å². The highest BCUT2D eigenvalue weighted by Crippen LogP contribution is 2.30. The molecule has 0 aliphatic heterocycles. The molecular formula is C15H19NOS. The number of nitrogens with one attached hydrogen (secondary N) is 1. The predicted octanol–water partition coefficient (Wildman–Crippen LogP) is 3.85. The van der Waals surface area contributed by atoms with Crippen molar-refractivity contribution in [2.24, 2.45) is 0 Å². The number of thiophene rings is 1. The lowest BCUT2D eigenvalue weighted by molar-refractivity contribution is 0.416. The monoisotopic (exact) mass is 261 g/mol. The second-order valence-corrected chi connectivity index (χ2v) is 5.13. The molecule has 2 aromatic rings. The molecule has 96 valence electrons. The van der Waals surface area contributed by atoms with Gasteiger partial charge >= 0.3 is 0 Å². The summed E-state index contributed by atoms with van der Waals surface area (Å²) >= 11 is 1.74. The molecule has 3 heteroatoms. The fraction of sp³-hybridized carbons (Fsp3) is 0.333. The Morgan fingerprint density at radius 3 is 2.67 bits per heavy atom. The van der Waals surface area contributed by atoms with Gasteiger partial charge in [-0.1, -0.05) is 37.3 Å². The molecule has 1 unspecified atom stereocenters. The predicted molar refractivity (Wildman–Crippen MR) is 77.4 cm³/mol. The van der Waals surface area contributed by atoms with Gasteiger partial charge in [-0.2, -0.15) is 0 Å². The summed E-state index contributed by atoms with van der Waals surface area (Å²) < 4.78 is 5.27. The van der Waals surface area contributed by atoms with E-state index in [4.69, 9.17) is 4.74 Å². The molecule has 0 aliphatic carbocycles. The SMILES string of the molecule is CCCNC(c1ccccc1)c1cc(OC)cs1. The Kier molecular flexibility index (Phi) is 4.79. The van der Waals surface area contributed by atoms with Gasteiger partial charge in [-0.15, -0.1) is 11.3 Å². The maximum Gasteiger partial charge on any atom is 0.129 e. The molecule has 0 radical (unpaired) electrons. The molecule has 0 aliphatic rings. The van der Waals surface area contributed by atoms with Crippen LogP contribution >= 0.6 is 11.3 Å². The van der Waals surface area contributed by atoms with E-state index in [2.05, 4.69) is 54.0 Å². The summed E-state index contributed by atoms with van der Waals surface area (Å²) in [6.45, 7) is 3.20. The lowest BCUT2D eigenvalue weighted by Gasteiger charge is -2.17. The summed E-state index contributed by atoms with van der Waals surface area (Å²) in [6.07, 6.45) is 1.13. The number of rotatable bonds is 6. The first-order valence-electron chi connectivity index (χ1n) is 6.26. The van der Waals surface area contributed by atoms with Gasteiger partial charge in [-0.3, -0.25) is 0 Å². The number of hydrogen-bond donors (Lipinski definition) is 1. The van der Waals surface area contributed by atoms with E-state index in [1.54, 1.807) is 18.4 Å². The van der Waals surface area contributed by atoms with Crippen LogP contribution in [-0.2, 0) is 0 Å². The zero-order valence-electron chi connectivity index (χ0n) is 10.8. The number of ether oxygens (including phenoxy) is 1. The topological polar surface area (TPSA) is 21.3 Å². The molecule has 0 spiro atoms. The van der Waals surface area contributed by atoms with Crippen LogP contribution in [0.1, 0.15) is 29.8 Å². The van der Waals surface area contributed by atoms with Crippen molar-refractivity contribution in [1.82, 2.24) is 5.32 Å². The molecule has 1 heterocycles. The third-order valence-corrected chi connectivity index (χ3v) is 3.82. The molecule has 1 aromatic carbocycles. The molecule has 2 rings (SSSR count). The highest BCUT2D eigenvalue weighted by molar-refractivity contribution is 7.10. The van der Waals surface area contributed by atoms with Crippen LogP contribution in [0.5, 0.6) is 5.75 Å². The van der Waals surface area contributed by atoms with Crippen LogP contribution in [0.15, 0.2) is 41.8 Å². The zero-order chi connectivity index (χ0) is 12.8. The largest absolute Gasteiger partial charge is 0.496 e. The van der Waals surface area contributed by atoms with Crippen LogP contribution in [0, 0.1) is 0 Å². The molecule has 0 saturated heterocycles. The van der Waals surface area contributed by atoms with Gasteiger partial charge in [0.2, 0.25) is 0 Å². The number of hydrogen-bond acceptors (Lipinski definition) is 3. The Hall–Kier alpha value is -1.32. The smallest absolute Gasteiger partial charge is 0.129 e. The third-order valence-electron chi connectivity index (χ3n) is 2.85. The van der Waals surface area contributed by atoms with E-state index >= 15 is 0 Å². The van der Waals surface area contributed by atoms with Gasteiger partial charge in [0, 0.05) is 10.3 Å². The van der Waals surface area contributed by atoms with Crippen LogP contribution in [0.4, 0.5) is 0 Å². The lowest BCUT2D eigenvalue weighted by atomic mass is 10.1. The van der Waals surface area contributed by atoms with Gasteiger partial charge < -0.3 is 10.1 Å². The second-order valence-electron chi connectivity index (χ2n) is 4.19. The molecule has 1 aromatic heterocycles. The number of benzene rings is 1. The molecular weight excluding hydrogens is 242 g/mol. The summed E-state index contributed by atoms with van der Waals surface area (Å²) in [4.78, 5) is 1.30. The van der Waals surface area contributed by atoms with Crippen molar-refractivity contribution in [3.63, 3.8) is 0 Å². The highest BCUT2D eigenvalue weighted by atomic mass is 32.1. The first-order chi connectivity index (χ1) is 8.85. The molecule has 1 atom stereocenters. The van der Waals surface area contributed by atoms with E-state index in [0.717, 1.165) is 18.7 Å². The fourth-order valence-electron chi connectivity index (χ4n) is 1.91. The van der Waals surface area contributed by atoms with Crippen LogP contribution in [0.2, 0.25) is 0 Å². The molecule has 1 N–H and O–H groups in total. The summed E-state index contributed by atoms with van der Waals surface area (Å²) in [6, 6.07) is 12.9. The highest BCUT2D eigenvalue weighted by Gasteiger charge is 2.15. The normalized spacial score (nSPS) is 12.3. The van der Waals surface area contributed by atoms with E-state index in [1.807, 2.05) is 0 Å². The van der Waals surface area contributed by atoms with Crippen molar-refractivity contribution in [3.05, 3.63) is 52.2 Å². The van der Waals surface area contributed by atoms with Crippen LogP contribution in [-0.4, -0.2) is 13.7 Å². The summed E-state index contributed by atoms with van der Waals surface area (Å²) in [5.74, 6) is 0.939. The lowest BCUT2D eigenvalue weighted by Crippen LogP contribution is -2.22. The van der Waals surface area contributed by atoms with Gasteiger partial charge in [0.15, 0.2) is 0 Å². The Labute approximate surface area is 113 Å². The van der Waals surface area contributed by atoms with Gasteiger partial charge in [-0.05, 0) is 24.6 Å². The molecule has 18 heavy (non-hydrogen) atoms. The van der Waals surface area contributed by atoms with Crippen molar-refractivity contribution in [1.29, 1.82) is 0 Å². The van der Waals surface area contributed by atoms with Gasteiger partial charge in [-0.25, -0.2) is 0 Å². The maximum atomic E-state index is 5.27. The van der Waals surface area contributed by atoms with E-state index in [9.17, 15) is 0 Å². The van der Waals surface area contributed by atoms with Gasteiger partial charge in [0.1, 0.15) is 5.75 Å². The average molecular weight is 261 g/mol. The Balaban J connectivity index is 2.24. The van der Waals surface area contributed by atoms with Crippen molar-refractivity contribution in [2.45, 2.75) is 19.4 Å². The van der Waals surface area contributed by atoms with E-state index < -0.39 is 0 Å². The minimum Gasteiger partial charge on any atom is -0.496 e. The summed E-state index contributed by atoms with van der Waals surface area (Å²) in [5, 5.41) is 5.65. The zero-order valence-corrected chi connectivity index (χ0v) is 11.7.